The van der Waals surface area contributed by atoms with Crippen molar-refractivity contribution in [3.8, 4) is 22.6 Å². The van der Waals surface area contributed by atoms with Crippen molar-refractivity contribution in [2.24, 2.45) is 0 Å². The highest BCUT2D eigenvalue weighted by molar-refractivity contribution is 5.88. The second-order valence-corrected chi connectivity index (χ2v) is 5.70. The van der Waals surface area contributed by atoms with E-state index in [0.29, 0.717) is 5.56 Å². The van der Waals surface area contributed by atoms with Crippen LogP contribution < -0.4 is 9.47 Å². The third kappa shape index (κ3) is 4.76. The minimum absolute atomic E-state index is 0.0520. The number of carbonyl (C=O) groups excluding carboxylic acids is 1. The molecule has 25 heavy (non-hydrogen) atoms. The van der Waals surface area contributed by atoms with E-state index >= 15 is 0 Å². The lowest BCUT2D eigenvalue weighted by Gasteiger charge is -2.10. The Morgan fingerprint density at radius 2 is 1.76 bits per heavy atom. The summed E-state index contributed by atoms with van der Waals surface area (Å²) in [5.74, 6) is -1.76. The number of rotatable bonds is 6. The molecule has 2 aromatic rings. The predicted molar refractivity (Wildman–Crippen MR) is 92.6 cm³/mol. The van der Waals surface area contributed by atoms with E-state index < -0.39 is 17.6 Å². The summed E-state index contributed by atoms with van der Waals surface area (Å²) in [6, 6.07) is 8.09. The van der Waals surface area contributed by atoms with Crippen molar-refractivity contribution < 1.29 is 23.0 Å². The first-order valence-corrected chi connectivity index (χ1v) is 7.52. The van der Waals surface area contributed by atoms with Crippen LogP contribution in [0.15, 0.2) is 60.7 Å². The van der Waals surface area contributed by atoms with Gasteiger partial charge in [0.05, 0.1) is 0 Å². The standard InChI is InChI=1S/C20H18F2O3/c1-12(2)11-24-19-8-5-14(9-18(19)22)16-7-6-15(10-17(16)21)25-20(23)13(3)4/h5-10H,1,3,11H2,2,4H3. The fourth-order valence-corrected chi connectivity index (χ4v) is 1.97. The van der Waals surface area contributed by atoms with Gasteiger partial charge in [-0.05, 0) is 49.2 Å². The van der Waals surface area contributed by atoms with E-state index in [4.69, 9.17) is 9.47 Å². The SMILES string of the molecule is C=C(C)COc1ccc(-c2ccc(OC(=O)C(=C)C)cc2F)cc1F. The summed E-state index contributed by atoms with van der Waals surface area (Å²) in [6.07, 6.45) is 0. The Hall–Kier alpha value is -2.95. The van der Waals surface area contributed by atoms with Crippen molar-refractivity contribution in [3.05, 3.63) is 72.3 Å². The Morgan fingerprint density at radius 1 is 1.04 bits per heavy atom. The maximum atomic E-state index is 14.3. The molecule has 0 spiro atoms. The first kappa shape index (κ1) is 18.4. The Bertz CT molecular complexity index is 841. The molecule has 0 N–H and O–H groups in total. The van der Waals surface area contributed by atoms with E-state index in [2.05, 4.69) is 13.2 Å². The molecule has 0 bridgehead atoms. The van der Waals surface area contributed by atoms with Crippen LogP contribution in [0.3, 0.4) is 0 Å². The summed E-state index contributed by atoms with van der Waals surface area (Å²) in [7, 11) is 0. The van der Waals surface area contributed by atoms with Crippen LogP contribution in [0.4, 0.5) is 8.78 Å². The summed E-state index contributed by atoms with van der Waals surface area (Å²) in [5, 5.41) is 0. The van der Waals surface area contributed by atoms with Gasteiger partial charge in [0, 0.05) is 17.2 Å². The van der Waals surface area contributed by atoms with Gasteiger partial charge in [0.1, 0.15) is 18.2 Å². The van der Waals surface area contributed by atoms with Crippen molar-refractivity contribution in [1.29, 1.82) is 0 Å². The van der Waals surface area contributed by atoms with Crippen LogP contribution in [0.5, 0.6) is 11.5 Å². The average molecular weight is 344 g/mol. The monoisotopic (exact) mass is 344 g/mol. The maximum Gasteiger partial charge on any atom is 0.338 e. The van der Waals surface area contributed by atoms with Crippen molar-refractivity contribution >= 4 is 5.97 Å². The van der Waals surface area contributed by atoms with E-state index in [9.17, 15) is 13.6 Å². The topological polar surface area (TPSA) is 35.5 Å². The zero-order chi connectivity index (χ0) is 18.6. The highest BCUT2D eigenvalue weighted by atomic mass is 19.1. The number of hydrogen-bond donors (Lipinski definition) is 0. The first-order chi connectivity index (χ1) is 11.8. The molecule has 0 saturated carbocycles. The average Bonchev–Trinajstić information content (AvgIpc) is 2.53. The van der Waals surface area contributed by atoms with Gasteiger partial charge >= 0.3 is 5.97 Å². The molecule has 0 aromatic heterocycles. The molecule has 2 rings (SSSR count). The van der Waals surface area contributed by atoms with Crippen LogP contribution in [0.1, 0.15) is 13.8 Å². The van der Waals surface area contributed by atoms with Gasteiger partial charge in [0.2, 0.25) is 0 Å². The molecule has 0 aliphatic carbocycles. The zero-order valence-corrected chi connectivity index (χ0v) is 14.1. The van der Waals surface area contributed by atoms with Crippen LogP contribution in [0.25, 0.3) is 11.1 Å². The molecule has 0 amide bonds. The fraction of sp³-hybridized carbons (Fsp3) is 0.150. The van der Waals surface area contributed by atoms with Gasteiger partial charge in [0.25, 0.3) is 0 Å². The van der Waals surface area contributed by atoms with Crippen LogP contribution in [0, 0.1) is 11.6 Å². The molecule has 0 radical (unpaired) electrons. The van der Waals surface area contributed by atoms with Gasteiger partial charge in [-0.15, -0.1) is 0 Å². The summed E-state index contributed by atoms with van der Waals surface area (Å²) < 4.78 is 38.6. The van der Waals surface area contributed by atoms with E-state index in [1.54, 1.807) is 13.0 Å². The Balaban J connectivity index is 2.24. The molecular formula is C20H18F2O3. The van der Waals surface area contributed by atoms with E-state index in [1.807, 2.05) is 0 Å². The number of halogens is 2. The quantitative estimate of drug-likeness (QED) is 0.318. The molecule has 0 atom stereocenters. The lowest BCUT2D eigenvalue weighted by molar-refractivity contribution is -0.130. The number of ether oxygens (including phenoxy) is 2. The van der Waals surface area contributed by atoms with Crippen molar-refractivity contribution in [1.82, 2.24) is 0 Å². The molecule has 0 saturated heterocycles. The normalized spacial score (nSPS) is 10.2. The molecule has 0 aliphatic rings. The second-order valence-electron chi connectivity index (χ2n) is 5.70. The molecule has 2 aromatic carbocycles. The first-order valence-electron chi connectivity index (χ1n) is 7.52. The molecule has 3 nitrogen and oxygen atoms in total. The van der Waals surface area contributed by atoms with Gasteiger partial charge in [0.15, 0.2) is 11.6 Å². The summed E-state index contributed by atoms with van der Waals surface area (Å²) in [4.78, 5) is 11.5. The fourth-order valence-electron chi connectivity index (χ4n) is 1.97. The van der Waals surface area contributed by atoms with E-state index in [0.717, 1.165) is 11.6 Å². The van der Waals surface area contributed by atoms with E-state index in [-0.39, 0.29) is 29.2 Å². The van der Waals surface area contributed by atoms with Crippen LogP contribution in [-0.2, 0) is 4.79 Å². The predicted octanol–water partition coefficient (Wildman–Crippen LogP) is 5.07. The Labute approximate surface area is 145 Å². The van der Waals surface area contributed by atoms with Gasteiger partial charge in [-0.25, -0.2) is 13.6 Å². The Kier molecular flexibility index (Phi) is 5.70. The highest BCUT2D eigenvalue weighted by Crippen LogP contribution is 2.30. The van der Waals surface area contributed by atoms with Gasteiger partial charge in [-0.1, -0.05) is 19.2 Å². The van der Waals surface area contributed by atoms with Gasteiger partial charge in [-0.3, -0.25) is 0 Å². The lowest BCUT2D eigenvalue weighted by atomic mass is 10.0. The van der Waals surface area contributed by atoms with Crippen LogP contribution >= 0.6 is 0 Å². The lowest BCUT2D eigenvalue weighted by Crippen LogP contribution is -2.08. The van der Waals surface area contributed by atoms with Crippen molar-refractivity contribution in [3.63, 3.8) is 0 Å². The largest absolute Gasteiger partial charge is 0.486 e. The molecule has 0 heterocycles. The molecule has 130 valence electrons. The van der Waals surface area contributed by atoms with Crippen LogP contribution in [0.2, 0.25) is 0 Å². The van der Waals surface area contributed by atoms with Crippen molar-refractivity contribution in [2.45, 2.75) is 13.8 Å². The third-order valence-electron chi connectivity index (χ3n) is 3.22. The van der Waals surface area contributed by atoms with Crippen LogP contribution in [-0.4, -0.2) is 12.6 Å². The number of esters is 1. The minimum Gasteiger partial charge on any atom is -0.486 e. The zero-order valence-electron chi connectivity index (χ0n) is 14.1. The molecule has 0 fully saturated rings. The smallest absolute Gasteiger partial charge is 0.338 e. The molecule has 0 unspecified atom stereocenters. The number of carbonyl (C=O) groups is 1. The van der Waals surface area contributed by atoms with E-state index in [1.165, 1.54) is 31.2 Å². The number of hydrogen-bond acceptors (Lipinski definition) is 3. The molecular weight excluding hydrogens is 326 g/mol. The summed E-state index contributed by atoms with van der Waals surface area (Å²) in [6.45, 7) is 10.6. The van der Waals surface area contributed by atoms with Gasteiger partial charge < -0.3 is 9.47 Å². The molecule has 0 aliphatic heterocycles. The molecule has 5 heteroatoms. The van der Waals surface area contributed by atoms with Crippen molar-refractivity contribution in [2.75, 3.05) is 6.61 Å². The highest BCUT2D eigenvalue weighted by Gasteiger charge is 2.12. The number of benzene rings is 2. The minimum atomic E-state index is -0.641. The second kappa shape index (κ2) is 7.75. The maximum absolute atomic E-state index is 14.3. The Morgan fingerprint density at radius 3 is 2.32 bits per heavy atom. The van der Waals surface area contributed by atoms with Gasteiger partial charge in [-0.2, -0.15) is 0 Å². The summed E-state index contributed by atoms with van der Waals surface area (Å²) >= 11 is 0. The summed E-state index contributed by atoms with van der Waals surface area (Å²) in [5.41, 5.74) is 1.49. The third-order valence-corrected chi connectivity index (χ3v) is 3.22.